The van der Waals surface area contributed by atoms with Gasteiger partial charge in [0, 0.05) is 201 Å². The molecule has 0 saturated carbocycles. The van der Waals surface area contributed by atoms with E-state index in [0.29, 0.717) is 29.1 Å². The molecule has 0 atom stereocenters. The first-order valence-electron chi connectivity index (χ1n) is 42.4. The second-order valence-electron chi connectivity index (χ2n) is 31.1. The maximum atomic E-state index is 13.8. The molecule has 24 rings (SSSR count). The number of benzene rings is 10. The average molecular weight is 2360 g/mol. The molecule has 8 bridgehead atoms. The van der Waals surface area contributed by atoms with E-state index in [0.717, 1.165) is 183 Å². The van der Waals surface area contributed by atoms with Crippen LogP contribution in [0.2, 0.25) is 0 Å². The number of rotatable bonds is 6. The summed E-state index contributed by atoms with van der Waals surface area (Å²) in [6, 6.07) is 94.4. The van der Waals surface area contributed by atoms with E-state index in [1.807, 2.05) is 96.0 Å². The van der Waals surface area contributed by atoms with E-state index >= 15 is 0 Å². The van der Waals surface area contributed by atoms with Crippen LogP contribution in [0, 0.1) is 64.7 Å². The number of hydrogen-bond acceptors (Lipinski definition) is 11. The maximum absolute atomic E-state index is 13.8. The molecular formula is C112H78F8Ir2N10O4Pt. The summed E-state index contributed by atoms with van der Waals surface area (Å²) in [7, 11) is 3.20. The van der Waals surface area contributed by atoms with Crippen LogP contribution in [-0.4, -0.2) is 62.9 Å². The third kappa shape index (κ3) is 23.0. The van der Waals surface area contributed by atoms with E-state index in [1.165, 1.54) is 68.1 Å². The summed E-state index contributed by atoms with van der Waals surface area (Å²) in [6.45, 7) is 4.85. The van der Waals surface area contributed by atoms with Gasteiger partial charge in [0.1, 0.15) is 34.8 Å². The van der Waals surface area contributed by atoms with E-state index in [2.05, 4.69) is 170 Å². The molecule has 6 aromatic heterocycles. The van der Waals surface area contributed by atoms with Gasteiger partial charge in [0.2, 0.25) is 17.1 Å². The van der Waals surface area contributed by atoms with Crippen molar-refractivity contribution < 1.29 is 129 Å². The molecular weight excluding hydrogens is 2280 g/mol. The molecule has 8 aliphatic rings. The van der Waals surface area contributed by atoms with Crippen molar-refractivity contribution in [3.05, 3.63) is 490 Å². The average Bonchev–Trinajstić information content (AvgIpc) is 1.61. The normalized spacial score (nSPS) is 12.7. The Hall–Kier alpha value is -15.0. The predicted octanol–water partition coefficient (Wildman–Crippen LogP) is 23.2. The molecule has 14 heterocycles. The van der Waals surface area contributed by atoms with Crippen molar-refractivity contribution in [2.75, 3.05) is 14.2 Å². The van der Waals surface area contributed by atoms with Gasteiger partial charge >= 0.3 is 0 Å². The van der Waals surface area contributed by atoms with Crippen LogP contribution in [0.25, 0.3) is 90.3 Å². The number of methoxy groups -OCH3 is 2. The maximum Gasteiger partial charge on any atom is 0.220 e. The molecule has 0 aliphatic carbocycles. The van der Waals surface area contributed by atoms with Gasteiger partial charge in [-0.15, -0.1) is 71.8 Å². The van der Waals surface area contributed by atoms with Crippen molar-refractivity contribution >= 4 is 51.4 Å². The Morgan fingerprint density at radius 2 is 0.715 bits per heavy atom. The third-order valence-electron chi connectivity index (χ3n) is 22.1. The Kier molecular flexibility index (Phi) is 32.1. The van der Waals surface area contributed by atoms with Crippen molar-refractivity contribution in [1.29, 1.82) is 0 Å². The van der Waals surface area contributed by atoms with Gasteiger partial charge in [-0.05, 0) is 122 Å². The molecule has 25 heteroatoms. The van der Waals surface area contributed by atoms with Crippen LogP contribution < -0.4 is 23.2 Å². The number of fused-ring (bicyclic) bond motifs is 25. The minimum Gasteiger partial charge on any atom is -0.512 e. The van der Waals surface area contributed by atoms with Gasteiger partial charge in [-0.2, -0.15) is 13.7 Å². The Labute approximate surface area is 826 Å². The van der Waals surface area contributed by atoms with Crippen molar-refractivity contribution in [3.63, 3.8) is 0 Å². The third-order valence-corrected chi connectivity index (χ3v) is 22.1. The van der Waals surface area contributed by atoms with Crippen LogP contribution in [0.15, 0.2) is 384 Å². The van der Waals surface area contributed by atoms with Gasteiger partial charge in [0.05, 0.1) is 94.4 Å². The molecule has 0 spiro atoms. The smallest absolute Gasteiger partial charge is 0.220 e. The zero-order valence-corrected chi connectivity index (χ0v) is 80.4. The molecule has 2 radical (unpaired) electrons. The van der Waals surface area contributed by atoms with Crippen LogP contribution in [0.4, 0.5) is 35.1 Å². The fourth-order valence-corrected chi connectivity index (χ4v) is 16.1. The van der Waals surface area contributed by atoms with Crippen LogP contribution in [0.5, 0.6) is 11.5 Å². The van der Waals surface area contributed by atoms with Gasteiger partial charge in [-0.25, -0.2) is 37.5 Å². The molecule has 137 heavy (non-hydrogen) atoms. The summed E-state index contributed by atoms with van der Waals surface area (Å²) in [5, 5.41) is 8.36. The summed E-state index contributed by atoms with van der Waals surface area (Å²) < 4.78 is 120. The molecule has 0 unspecified atom stereocenters. The first-order chi connectivity index (χ1) is 65.2. The van der Waals surface area contributed by atoms with Gasteiger partial charge in [0.25, 0.3) is 0 Å². The minimum absolute atomic E-state index is 0. The van der Waals surface area contributed by atoms with Gasteiger partial charge < -0.3 is 29.5 Å². The molecule has 0 fully saturated rings. The number of pyridine rings is 6. The SMILES string of the molecule is C1=C2N=C(C=C3N=C(C=C4N=C(C=C5N=C1c1ccccc15)c1ccccc14)c1ccccc13)c1ccccc12.CC(=O)C=C(C)O.COc1cc[n+]2c(c1)-c1c(F)cc(F)cc1C2.COc1cc[n+]2c(c1)-c1ccc(F)cc1C2.Fc1c[c-]c(-c2ccccn2)c(F)c1.Fc1c[c-]c(-c2ccccn2)cc1.Fc1c[c-]c(-c2ccccn2)cc1.Fc1ccc2c(c1)C[n+]1ccccc1-2.[Ir].[Ir].[Pt]. The number of aliphatic hydroxyl groups is 1. The zero-order valence-electron chi connectivity index (χ0n) is 73.3. The van der Waals surface area contributed by atoms with E-state index in [4.69, 9.17) is 34.5 Å². The molecule has 8 aliphatic heterocycles. The number of carbonyl (C=O) groups is 1. The van der Waals surface area contributed by atoms with E-state index in [-0.39, 0.29) is 102 Å². The largest absolute Gasteiger partial charge is 0.512 e. The molecule has 1 N–H and O–H groups in total. The first-order valence-corrected chi connectivity index (χ1v) is 42.4. The number of ketones is 1. The number of halogens is 8. The topological polar surface area (TPSA) is 156 Å². The van der Waals surface area contributed by atoms with E-state index in [9.17, 15) is 39.9 Å². The molecule has 0 amide bonds. The second-order valence-corrected chi connectivity index (χ2v) is 31.1. The summed E-state index contributed by atoms with van der Waals surface area (Å²) >= 11 is 0. The van der Waals surface area contributed by atoms with Crippen molar-refractivity contribution in [3.8, 4) is 79.0 Å². The number of allylic oxidation sites excluding steroid dienone is 6. The number of hydrogen-bond donors (Lipinski definition) is 1. The zero-order chi connectivity index (χ0) is 92.9. The second kappa shape index (κ2) is 44.9. The Morgan fingerprint density at radius 1 is 0.350 bits per heavy atom. The fraction of sp³-hybridized carbons (Fsp3) is 0.0625. The number of carbonyl (C=O) groups excluding carboxylic acids is 1. The molecule has 0 saturated heterocycles. The van der Waals surface area contributed by atoms with E-state index in [1.54, 1.807) is 87.4 Å². The van der Waals surface area contributed by atoms with Crippen molar-refractivity contribution in [2.45, 2.75) is 33.5 Å². The number of ether oxygens (including phenoxy) is 2. The van der Waals surface area contributed by atoms with Crippen molar-refractivity contribution in [1.82, 2.24) is 15.0 Å². The minimum atomic E-state index is -0.649. The molecule has 10 aromatic carbocycles. The predicted molar refractivity (Wildman–Crippen MR) is 503 cm³/mol. The van der Waals surface area contributed by atoms with Crippen LogP contribution >= 0.6 is 0 Å². The van der Waals surface area contributed by atoms with Gasteiger partial charge in [-0.3, -0.25) is 22.4 Å². The number of aliphatic imine (C=N–C) groups is 4. The Morgan fingerprint density at radius 3 is 1.11 bits per heavy atom. The summed E-state index contributed by atoms with van der Waals surface area (Å²) in [5.74, 6) is -1.83. The summed E-state index contributed by atoms with van der Waals surface area (Å²) in [4.78, 5) is 42.7. The Balaban J connectivity index is 0.000000133. The standard InChI is InChI=1S/C36H20N4.C13H10F2NO.C13H11FNO.C12H9FN.C11H6F2N.2C11H7FN.C5H8O2.2Ir.Pt/c1-2-10-22-21(9-1)29-17-31-23-11-3-4-12-24(23)33(38-31)19-35-27-15-7-8-16-28(27)36(40-35)20-34-26-14-6-5-13-25(26)32(39-34)18-30(22)37-29;1-17-10-2-3-16-7-8-4-9(14)5-11(15)13(8)12(16)6-10;1-16-11-4-5-15-8-9-6-10(14)2-3-12(9)13(15)7-11;13-10-4-5-11-9(7-10)8-14-6-2-1-3-12(11)14;12-8-4-5-9(10(13)7-8)11-3-1-2-6-14-11;2*12-10-6-4-9(5-7-10)11-3-1-2-8-13-11;1-4(6)3-5(2)7;;;/h1-20H;2-6H,7H2,1H3;2-7H,8H2,1H3;1-7H,8H2;1-4,6-7H;2*1-4,6-8H;3,6H,1-2H3;;;/q;3*+1;3*-1;;;;. The fourth-order valence-electron chi connectivity index (χ4n) is 16.1. The monoisotopic (exact) mass is 2360 g/mol. The van der Waals surface area contributed by atoms with E-state index < -0.39 is 23.3 Å². The first kappa shape index (κ1) is 98.0. The Bertz CT molecular complexity index is 7120. The summed E-state index contributed by atoms with van der Waals surface area (Å²) in [6.07, 6.45) is 20.4. The molecule has 14 nitrogen and oxygen atoms in total. The van der Waals surface area contributed by atoms with Crippen LogP contribution in [-0.2, 0) is 85.7 Å². The van der Waals surface area contributed by atoms with Crippen LogP contribution in [0.3, 0.4) is 0 Å². The number of aromatic nitrogens is 6. The van der Waals surface area contributed by atoms with Crippen LogP contribution in [0.1, 0.15) is 75.0 Å². The quantitative estimate of drug-likeness (QED) is 0.0571. The van der Waals surface area contributed by atoms with Crippen molar-refractivity contribution in [2.24, 2.45) is 20.0 Å². The van der Waals surface area contributed by atoms with Gasteiger partial charge in [0.15, 0.2) is 44.0 Å². The number of aliphatic hydroxyl groups excluding tert-OH is 1. The van der Waals surface area contributed by atoms with Gasteiger partial charge in [-0.1, -0.05) is 145 Å². The molecule has 684 valence electrons. The molecule has 16 aromatic rings. The summed E-state index contributed by atoms with van der Waals surface area (Å²) in [5.41, 5.74) is 28.4. The number of nitrogens with zero attached hydrogens (tertiary/aromatic N) is 10.